The number of nitrogens with zero attached hydrogens (tertiary/aromatic N) is 1. The van der Waals surface area contributed by atoms with E-state index in [1.165, 1.54) is 25.8 Å². The number of rotatable bonds is 2. The number of thioether (sulfide) groups is 1. The summed E-state index contributed by atoms with van der Waals surface area (Å²) < 4.78 is 30.4. The van der Waals surface area contributed by atoms with Crippen LogP contribution in [0.5, 0.6) is 34.5 Å². The Kier molecular flexibility index (Phi) is 7.47. The zero-order valence-electron chi connectivity index (χ0n) is 30.1. The predicted molar refractivity (Wildman–Crippen MR) is 195 cm³/mol. The molecule has 0 amide bonds. The molecule has 3 aromatic carbocycles. The molecule has 1 aromatic heterocycles. The lowest BCUT2D eigenvalue weighted by Gasteiger charge is -2.59. The van der Waals surface area contributed by atoms with Crippen LogP contribution in [0.2, 0.25) is 0 Å². The second kappa shape index (κ2) is 11.9. The van der Waals surface area contributed by atoms with Gasteiger partial charge in [0.2, 0.25) is 6.79 Å². The smallest absolute Gasteiger partial charge is 0.333 e. The normalized spacial score (nSPS) is 29.2. The number of nitrogens with one attached hydrogen (secondary N) is 3. The van der Waals surface area contributed by atoms with Gasteiger partial charge in [0, 0.05) is 58.4 Å². The van der Waals surface area contributed by atoms with Crippen molar-refractivity contribution in [2.75, 3.05) is 32.8 Å². The van der Waals surface area contributed by atoms with Crippen LogP contribution in [-0.2, 0) is 32.7 Å². The van der Waals surface area contributed by atoms with Crippen molar-refractivity contribution >= 4 is 34.6 Å². The zero-order valence-corrected chi connectivity index (χ0v) is 30.9. The molecular formula is C39H40N4O10S. The number of H-pyrrole nitrogens is 1. The van der Waals surface area contributed by atoms with Gasteiger partial charge in [-0.3, -0.25) is 15.0 Å². The number of fused-ring (bicyclic) bond motifs is 11. The fraction of sp³-hybridized carbons (Fsp3) is 0.436. The molecule has 6 N–H and O–H groups in total. The summed E-state index contributed by atoms with van der Waals surface area (Å²) in [5, 5.41) is 42.2. The maximum absolute atomic E-state index is 14.7. The predicted octanol–water partition coefficient (Wildman–Crippen LogP) is 3.54. The van der Waals surface area contributed by atoms with Gasteiger partial charge in [0.15, 0.2) is 28.5 Å². The van der Waals surface area contributed by atoms with E-state index in [-0.39, 0.29) is 30.7 Å². The maximum Gasteiger partial charge on any atom is 0.333 e. The van der Waals surface area contributed by atoms with Gasteiger partial charge in [0.05, 0.1) is 36.2 Å². The van der Waals surface area contributed by atoms with Crippen LogP contribution in [0.3, 0.4) is 0 Å². The number of aromatic amines is 1. The van der Waals surface area contributed by atoms with Crippen molar-refractivity contribution in [2.45, 2.75) is 74.8 Å². The van der Waals surface area contributed by atoms with E-state index >= 15 is 0 Å². The highest BCUT2D eigenvalue weighted by molar-refractivity contribution is 7.99. The van der Waals surface area contributed by atoms with E-state index < -0.39 is 53.1 Å². The molecule has 7 aliphatic heterocycles. The minimum absolute atomic E-state index is 0.0304. The highest BCUT2D eigenvalue weighted by Gasteiger charge is 2.60. The molecule has 7 atom stereocenters. The van der Waals surface area contributed by atoms with Crippen LogP contribution in [0, 0.1) is 13.8 Å². The second-order valence-electron chi connectivity index (χ2n) is 15.0. The molecule has 15 heteroatoms. The van der Waals surface area contributed by atoms with E-state index in [4.69, 9.17) is 23.7 Å². The zero-order chi connectivity index (χ0) is 37.4. The fourth-order valence-electron chi connectivity index (χ4n) is 10.1. The Morgan fingerprint density at radius 3 is 2.69 bits per heavy atom. The number of aromatic hydroxyl groups is 2. The van der Waals surface area contributed by atoms with E-state index in [1.54, 1.807) is 18.2 Å². The third-order valence-electron chi connectivity index (χ3n) is 12.2. The molecule has 0 aliphatic carbocycles. The van der Waals surface area contributed by atoms with Crippen LogP contribution >= 0.6 is 11.8 Å². The van der Waals surface area contributed by atoms with E-state index in [1.807, 2.05) is 24.8 Å². The Morgan fingerprint density at radius 2 is 1.89 bits per heavy atom. The fourth-order valence-corrected chi connectivity index (χ4v) is 11.7. The molecule has 2 saturated heterocycles. The number of hydrogen-bond acceptors (Lipinski definition) is 14. The Balaban J connectivity index is 1.23. The SMILES string of the molecule is COc1c(C)cc2c(c1O)[C@H]1N[C@@H](C2)[C@H](O)N2C1[C@@H]1SC[C@]3(NCCc4c3[nH]c3ccc(O)cc43)C(=O)OC[C@H]2c2c3c(c(C)c(OC(C)=O)c21)OCO3. The van der Waals surface area contributed by atoms with Crippen LogP contribution in [0.15, 0.2) is 24.3 Å². The highest BCUT2D eigenvalue weighted by atomic mass is 32.2. The van der Waals surface area contributed by atoms with Gasteiger partial charge in [-0.25, -0.2) is 4.79 Å². The Bertz CT molecular complexity index is 2310. The largest absolute Gasteiger partial charge is 0.508 e. The van der Waals surface area contributed by atoms with Crippen molar-refractivity contribution in [1.29, 1.82) is 0 Å². The first kappa shape index (κ1) is 33.9. The number of methoxy groups -OCH3 is 1. The van der Waals surface area contributed by atoms with E-state index in [2.05, 4.69) is 15.6 Å². The molecule has 7 aliphatic rings. The Hall–Kier alpha value is -4.67. The standard InChI is InChI=1S/C39H40N4O10S/c1-15-9-18-10-23-37(47)43-24-12-50-38(48)39(36-20(7-8-40-39)21-11-19(45)5-6-22(21)42-36)13-54-35(29(43)28(41-23)25(18)30(46)31(15)49-4)27-26(24)34-33(51-14-52-34)16(2)32(27)53-17(3)44/h5-6,9,11,23-24,28-29,35,37,40-42,45-47H,7-8,10,12-14H2,1-4H3/t23-,24-,28+,29?,35+,37-,39+/m0/s1. The topological polar surface area (TPSA) is 184 Å². The van der Waals surface area contributed by atoms with Gasteiger partial charge in [0.25, 0.3) is 0 Å². The molecule has 54 heavy (non-hydrogen) atoms. The van der Waals surface area contributed by atoms with Crippen molar-refractivity contribution in [1.82, 2.24) is 20.5 Å². The third kappa shape index (κ3) is 4.50. The van der Waals surface area contributed by atoms with Crippen molar-refractivity contribution in [3.63, 3.8) is 0 Å². The van der Waals surface area contributed by atoms with Crippen LogP contribution < -0.4 is 29.6 Å². The van der Waals surface area contributed by atoms with Gasteiger partial charge in [-0.05, 0) is 61.6 Å². The molecule has 4 aromatic rings. The number of esters is 2. The molecule has 11 rings (SSSR count). The number of aromatic nitrogens is 1. The van der Waals surface area contributed by atoms with Gasteiger partial charge >= 0.3 is 11.9 Å². The number of benzene rings is 3. The molecule has 282 valence electrons. The average molecular weight is 757 g/mol. The van der Waals surface area contributed by atoms with Gasteiger partial charge in [-0.2, -0.15) is 0 Å². The Morgan fingerprint density at radius 1 is 1.07 bits per heavy atom. The summed E-state index contributed by atoms with van der Waals surface area (Å²) in [6.07, 6.45) is 0.0106. The van der Waals surface area contributed by atoms with Crippen LogP contribution in [0.4, 0.5) is 0 Å². The van der Waals surface area contributed by atoms with E-state index in [0.29, 0.717) is 70.3 Å². The van der Waals surface area contributed by atoms with E-state index in [9.17, 15) is 24.9 Å². The summed E-state index contributed by atoms with van der Waals surface area (Å²) in [5.41, 5.74) is 5.34. The molecule has 14 nitrogen and oxygen atoms in total. The van der Waals surface area contributed by atoms with Crippen LogP contribution in [-0.4, -0.2) is 88.3 Å². The molecule has 0 saturated carbocycles. The maximum atomic E-state index is 14.7. The van der Waals surface area contributed by atoms with Crippen molar-refractivity contribution in [3.8, 4) is 34.5 Å². The van der Waals surface area contributed by atoms with Crippen LogP contribution in [0.1, 0.15) is 68.9 Å². The minimum atomic E-state index is -1.32. The number of carbonyl (C=O) groups is 2. The van der Waals surface area contributed by atoms with Gasteiger partial charge in [-0.15, -0.1) is 11.8 Å². The second-order valence-corrected chi connectivity index (χ2v) is 16.2. The number of hydrogen-bond donors (Lipinski definition) is 6. The van der Waals surface area contributed by atoms with Gasteiger partial charge < -0.3 is 49.3 Å². The lowest BCUT2D eigenvalue weighted by atomic mass is 9.74. The molecule has 0 radical (unpaired) electrons. The number of piperazine rings is 1. The van der Waals surface area contributed by atoms with Gasteiger partial charge in [0.1, 0.15) is 24.3 Å². The number of aliphatic hydroxyl groups excluding tert-OH is 1. The number of ether oxygens (including phenoxy) is 5. The van der Waals surface area contributed by atoms with E-state index in [0.717, 1.165) is 27.6 Å². The summed E-state index contributed by atoms with van der Waals surface area (Å²) in [6, 6.07) is 4.84. The Labute approximate surface area is 314 Å². The summed E-state index contributed by atoms with van der Waals surface area (Å²) in [6.45, 7) is 5.32. The first-order valence-electron chi connectivity index (χ1n) is 18.2. The first-order chi connectivity index (χ1) is 26.0. The number of carbonyl (C=O) groups excluding carboxylic acids is 2. The molecule has 1 spiro atoms. The van der Waals surface area contributed by atoms with Crippen molar-refractivity contribution in [2.24, 2.45) is 0 Å². The van der Waals surface area contributed by atoms with Crippen molar-refractivity contribution < 1.29 is 48.6 Å². The monoisotopic (exact) mass is 756 g/mol. The van der Waals surface area contributed by atoms with Gasteiger partial charge in [-0.1, -0.05) is 6.07 Å². The number of phenols is 2. The molecule has 2 fully saturated rings. The average Bonchev–Trinajstić information content (AvgIpc) is 3.79. The molecule has 8 heterocycles. The number of phenolic OH excluding ortho intramolecular Hbond substituents is 2. The quantitative estimate of drug-likeness (QED) is 0.129. The summed E-state index contributed by atoms with van der Waals surface area (Å²) in [5.74, 6) is 0.947. The summed E-state index contributed by atoms with van der Waals surface area (Å²) >= 11 is 1.48. The first-order valence-corrected chi connectivity index (χ1v) is 19.2. The molecule has 4 bridgehead atoms. The highest BCUT2D eigenvalue weighted by Crippen LogP contribution is 2.63. The lowest BCUT2D eigenvalue weighted by Crippen LogP contribution is -2.69. The van der Waals surface area contributed by atoms with Crippen LogP contribution in [0.25, 0.3) is 10.9 Å². The lowest BCUT2D eigenvalue weighted by molar-refractivity contribution is -0.164. The molecule has 1 unspecified atom stereocenters. The number of aliphatic hydroxyl groups is 1. The summed E-state index contributed by atoms with van der Waals surface area (Å²) in [4.78, 5) is 33.1. The third-order valence-corrected chi connectivity index (χ3v) is 13.7. The van der Waals surface area contributed by atoms with Crippen molar-refractivity contribution in [3.05, 3.63) is 68.9 Å². The minimum Gasteiger partial charge on any atom is -0.508 e. The summed E-state index contributed by atoms with van der Waals surface area (Å²) in [7, 11) is 1.53. The number of aryl methyl sites for hydroxylation is 1. The molecular weight excluding hydrogens is 717 g/mol.